The summed E-state index contributed by atoms with van der Waals surface area (Å²) in [6.07, 6.45) is 1.06. The van der Waals surface area contributed by atoms with Crippen molar-refractivity contribution in [2.45, 2.75) is 19.9 Å². The number of hydrogen-bond acceptors (Lipinski definition) is 2. The van der Waals surface area contributed by atoms with Crippen LogP contribution in [0.1, 0.15) is 18.9 Å². The first-order valence-electron chi connectivity index (χ1n) is 6.43. The van der Waals surface area contributed by atoms with E-state index in [4.69, 9.17) is 4.74 Å². The van der Waals surface area contributed by atoms with Gasteiger partial charge in [-0.3, -0.25) is 4.90 Å². The molecule has 0 N–H and O–H groups in total. The Hall–Kier alpha value is -1.00. The van der Waals surface area contributed by atoms with Crippen LogP contribution in [0.4, 0.5) is 8.78 Å². The summed E-state index contributed by atoms with van der Waals surface area (Å²) in [5.41, 5.74) is 0.427. The summed E-state index contributed by atoms with van der Waals surface area (Å²) >= 11 is 0. The van der Waals surface area contributed by atoms with Crippen molar-refractivity contribution in [3.63, 3.8) is 0 Å². The molecule has 1 aliphatic rings. The maximum atomic E-state index is 13.6. The number of ether oxygens (including phenoxy) is 1. The summed E-state index contributed by atoms with van der Waals surface area (Å²) in [6.45, 7) is 5.79. The maximum absolute atomic E-state index is 13.6. The SMILES string of the molecule is CCN(Cc1cccc(F)c1F)CC1CCOC1. The molecular weight excluding hydrogens is 236 g/mol. The normalized spacial score (nSPS) is 19.7. The number of rotatable bonds is 5. The van der Waals surface area contributed by atoms with Crippen LogP contribution in [0.5, 0.6) is 0 Å². The van der Waals surface area contributed by atoms with E-state index < -0.39 is 11.6 Å². The highest BCUT2D eigenvalue weighted by Gasteiger charge is 2.19. The number of benzene rings is 1. The topological polar surface area (TPSA) is 12.5 Å². The van der Waals surface area contributed by atoms with E-state index in [1.807, 2.05) is 6.92 Å². The van der Waals surface area contributed by atoms with E-state index in [0.29, 0.717) is 18.0 Å². The minimum absolute atomic E-state index is 0.427. The molecule has 0 radical (unpaired) electrons. The molecule has 0 saturated carbocycles. The molecule has 1 saturated heterocycles. The molecule has 1 unspecified atom stereocenters. The van der Waals surface area contributed by atoms with Gasteiger partial charge in [0.1, 0.15) is 0 Å². The predicted octanol–water partition coefficient (Wildman–Crippen LogP) is 2.82. The second-order valence-corrected chi connectivity index (χ2v) is 4.77. The minimum Gasteiger partial charge on any atom is -0.381 e. The van der Waals surface area contributed by atoms with Gasteiger partial charge in [0.15, 0.2) is 11.6 Å². The molecule has 1 heterocycles. The highest BCUT2D eigenvalue weighted by Crippen LogP contribution is 2.17. The summed E-state index contributed by atoms with van der Waals surface area (Å²) in [7, 11) is 0. The van der Waals surface area contributed by atoms with E-state index in [9.17, 15) is 8.78 Å². The van der Waals surface area contributed by atoms with Crippen LogP contribution in [0, 0.1) is 17.6 Å². The summed E-state index contributed by atoms with van der Waals surface area (Å²) in [5.74, 6) is -0.979. The third-order valence-corrected chi connectivity index (χ3v) is 3.41. The molecule has 2 nitrogen and oxygen atoms in total. The fourth-order valence-electron chi connectivity index (χ4n) is 2.31. The zero-order valence-corrected chi connectivity index (χ0v) is 10.7. The molecular formula is C14H19F2NO. The van der Waals surface area contributed by atoms with Crippen LogP contribution in [-0.2, 0) is 11.3 Å². The first kappa shape index (κ1) is 13.4. The molecule has 0 aromatic heterocycles. The van der Waals surface area contributed by atoms with E-state index >= 15 is 0 Å². The van der Waals surface area contributed by atoms with Crippen molar-refractivity contribution < 1.29 is 13.5 Å². The van der Waals surface area contributed by atoms with Crippen molar-refractivity contribution >= 4 is 0 Å². The lowest BCUT2D eigenvalue weighted by Gasteiger charge is -2.23. The lowest BCUT2D eigenvalue weighted by atomic mass is 10.1. The van der Waals surface area contributed by atoms with Gasteiger partial charge in [-0.25, -0.2) is 8.78 Å². The van der Waals surface area contributed by atoms with E-state index in [2.05, 4.69) is 4.90 Å². The van der Waals surface area contributed by atoms with Gasteiger partial charge < -0.3 is 4.74 Å². The Labute approximate surface area is 107 Å². The van der Waals surface area contributed by atoms with Gasteiger partial charge in [0.2, 0.25) is 0 Å². The summed E-state index contributed by atoms with van der Waals surface area (Å²) in [5, 5.41) is 0. The third kappa shape index (κ3) is 3.27. The Morgan fingerprint density at radius 2 is 2.22 bits per heavy atom. The third-order valence-electron chi connectivity index (χ3n) is 3.41. The predicted molar refractivity (Wildman–Crippen MR) is 66.2 cm³/mol. The van der Waals surface area contributed by atoms with Gasteiger partial charge in [-0.1, -0.05) is 19.1 Å². The Morgan fingerprint density at radius 1 is 1.39 bits per heavy atom. The van der Waals surface area contributed by atoms with Gasteiger partial charge in [0.05, 0.1) is 6.61 Å². The average Bonchev–Trinajstić information content (AvgIpc) is 2.86. The van der Waals surface area contributed by atoms with Gasteiger partial charge in [0.25, 0.3) is 0 Å². The second-order valence-electron chi connectivity index (χ2n) is 4.77. The molecule has 1 aromatic rings. The second kappa shape index (κ2) is 6.25. The van der Waals surface area contributed by atoms with Crippen LogP contribution in [0.25, 0.3) is 0 Å². The molecule has 0 spiro atoms. The molecule has 1 fully saturated rings. The molecule has 0 aliphatic carbocycles. The minimum atomic E-state index is -0.771. The Bertz CT molecular complexity index is 391. The van der Waals surface area contributed by atoms with Crippen LogP contribution in [0.15, 0.2) is 18.2 Å². The van der Waals surface area contributed by atoms with Crippen molar-refractivity contribution in [1.82, 2.24) is 4.90 Å². The molecule has 1 aromatic carbocycles. The van der Waals surface area contributed by atoms with Crippen LogP contribution in [-0.4, -0.2) is 31.2 Å². The van der Waals surface area contributed by atoms with Crippen LogP contribution < -0.4 is 0 Å². The largest absolute Gasteiger partial charge is 0.381 e. The van der Waals surface area contributed by atoms with E-state index in [-0.39, 0.29) is 0 Å². The zero-order valence-electron chi connectivity index (χ0n) is 10.7. The highest BCUT2D eigenvalue weighted by molar-refractivity contribution is 5.18. The van der Waals surface area contributed by atoms with Gasteiger partial charge in [-0.05, 0) is 24.9 Å². The van der Waals surface area contributed by atoms with Crippen molar-refractivity contribution in [1.29, 1.82) is 0 Å². The van der Waals surface area contributed by atoms with Crippen LogP contribution in [0.3, 0.4) is 0 Å². The Balaban J connectivity index is 1.98. The first-order valence-corrected chi connectivity index (χ1v) is 6.43. The lowest BCUT2D eigenvalue weighted by Crippen LogP contribution is -2.29. The monoisotopic (exact) mass is 255 g/mol. The van der Waals surface area contributed by atoms with Crippen molar-refractivity contribution in [2.75, 3.05) is 26.3 Å². The average molecular weight is 255 g/mol. The zero-order chi connectivity index (χ0) is 13.0. The molecule has 1 aliphatic heterocycles. The van der Waals surface area contributed by atoms with Crippen molar-refractivity contribution in [2.24, 2.45) is 5.92 Å². The smallest absolute Gasteiger partial charge is 0.163 e. The van der Waals surface area contributed by atoms with Crippen molar-refractivity contribution in [3.05, 3.63) is 35.4 Å². The molecule has 1 atom stereocenters. The molecule has 100 valence electrons. The first-order chi connectivity index (χ1) is 8.70. The van der Waals surface area contributed by atoms with Gasteiger partial charge in [-0.15, -0.1) is 0 Å². The molecule has 2 rings (SSSR count). The Morgan fingerprint density at radius 3 is 2.89 bits per heavy atom. The standard InChI is InChI=1S/C14H19F2NO/c1-2-17(8-11-6-7-18-10-11)9-12-4-3-5-13(15)14(12)16/h3-5,11H,2,6-10H2,1H3. The number of nitrogens with zero attached hydrogens (tertiary/aromatic N) is 1. The van der Waals surface area contributed by atoms with Gasteiger partial charge >= 0.3 is 0 Å². The number of hydrogen-bond donors (Lipinski definition) is 0. The van der Waals surface area contributed by atoms with E-state index in [1.165, 1.54) is 0 Å². The maximum Gasteiger partial charge on any atom is 0.163 e. The Kier molecular flexibility index (Phi) is 4.66. The molecule has 18 heavy (non-hydrogen) atoms. The quantitative estimate of drug-likeness (QED) is 0.802. The molecule has 0 amide bonds. The van der Waals surface area contributed by atoms with Crippen molar-refractivity contribution in [3.8, 4) is 0 Å². The van der Waals surface area contributed by atoms with Gasteiger partial charge in [0, 0.05) is 25.3 Å². The molecule has 0 bridgehead atoms. The van der Waals surface area contributed by atoms with Crippen LogP contribution in [0.2, 0.25) is 0 Å². The van der Waals surface area contributed by atoms with Gasteiger partial charge in [-0.2, -0.15) is 0 Å². The summed E-state index contributed by atoms with van der Waals surface area (Å²) < 4.78 is 32.0. The summed E-state index contributed by atoms with van der Waals surface area (Å²) in [4.78, 5) is 2.14. The highest BCUT2D eigenvalue weighted by atomic mass is 19.2. The van der Waals surface area contributed by atoms with E-state index in [0.717, 1.165) is 38.8 Å². The van der Waals surface area contributed by atoms with Crippen LogP contribution >= 0.6 is 0 Å². The summed E-state index contributed by atoms with van der Waals surface area (Å²) in [6, 6.07) is 4.35. The number of halogens is 2. The fourth-order valence-corrected chi connectivity index (χ4v) is 2.31. The lowest BCUT2D eigenvalue weighted by molar-refractivity contribution is 0.166. The fraction of sp³-hybridized carbons (Fsp3) is 0.571. The van der Waals surface area contributed by atoms with E-state index in [1.54, 1.807) is 12.1 Å². The molecule has 4 heteroatoms.